The molecule has 0 amide bonds. The summed E-state index contributed by atoms with van der Waals surface area (Å²) in [5.74, 6) is 2.13. The van der Waals surface area contributed by atoms with Crippen molar-refractivity contribution in [3.63, 3.8) is 0 Å². The first-order valence-electron chi connectivity index (χ1n) is 7.74. The molecule has 1 spiro atoms. The van der Waals surface area contributed by atoms with E-state index in [1.54, 1.807) is 6.07 Å². The number of carbonyl (C=O) groups excluding carboxylic acids is 2. The predicted molar refractivity (Wildman–Crippen MR) is 92.8 cm³/mol. The Morgan fingerprint density at radius 3 is 2.57 bits per heavy atom. The van der Waals surface area contributed by atoms with Gasteiger partial charge in [-0.15, -0.1) is 23.5 Å². The fraction of sp³-hybridized carbons (Fsp3) is 0.529. The van der Waals surface area contributed by atoms with E-state index in [0.717, 1.165) is 35.5 Å². The van der Waals surface area contributed by atoms with Gasteiger partial charge in [-0.1, -0.05) is 12.1 Å². The van der Waals surface area contributed by atoms with Crippen LogP contribution in [0.5, 0.6) is 5.75 Å². The van der Waals surface area contributed by atoms with Crippen molar-refractivity contribution in [2.75, 3.05) is 11.5 Å². The summed E-state index contributed by atoms with van der Waals surface area (Å²) in [5.41, 5.74) is 1.97. The van der Waals surface area contributed by atoms with Gasteiger partial charge in [0.1, 0.15) is 11.9 Å². The van der Waals surface area contributed by atoms with E-state index in [1.165, 1.54) is 20.3 Å². The number of ether oxygens (including phenoxy) is 2. The first-order valence-corrected chi connectivity index (χ1v) is 9.71. The Kier molecular flexibility index (Phi) is 4.92. The quantitative estimate of drug-likeness (QED) is 0.597. The van der Waals surface area contributed by atoms with Crippen LogP contribution in [0.4, 0.5) is 0 Å². The van der Waals surface area contributed by atoms with E-state index in [2.05, 4.69) is 6.07 Å². The van der Waals surface area contributed by atoms with Crippen molar-refractivity contribution in [1.29, 1.82) is 0 Å². The molecule has 1 heterocycles. The van der Waals surface area contributed by atoms with Gasteiger partial charge in [0.15, 0.2) is 0 Å². The molecule has 23 heavy (non-hydrogen) atoms. The molecule has 0 aromatic heterocycles. The average Bonchev–Trinajstić information content (AvgIpc) is 2.46. The second-order valence-electron chi connectivity index (χ2n) is 5.86. The first-order chi connectivity index (χ1) is 11.0. The van der Waals surface area contributed by atoms with E-state index < -0.39 is 0 Å². The Bertz CT molecular complexity index is 623. The number of carbonyl (C=O) groups is 2. The Morgan fingerprint density at radius 2 is 1.91 bits per heavy atom. The third-order valence-corrected chi connectivity index (χ3v) is 7.38. The molecule has 0 N–H and O–H groups in total. The Balaban J connectivity index is 2.00. The van der Waals surface area contributed by atoms with Crippen LogP contribution in [-0.4, -0.2) is 27.5 Å². The lowest BCUT2D eigenvalue weighted by Gasteiger charge is -2.43. The zero-order valence-corrected chi connectivity index (χ0v) is 14.9. The molecular weight excluding hydrogens is 332 g/mol. The lowest BCUT2D eigenvalue weighted by atomic mass is 9.87. The van der Waals surface area contributed by atoms with Gasteiger partial charge in [-0.25, -0.2) is 0 Å². The second kappa shape index (κ2) is 6.77. The van der Waals surface area contributed by atoms with Crippen molar-refractivity contribution in [3.8, 4) is 5.75 Å². The van der Waals surface area contributed by atoms with Crippen LogP contribution < -0.4 is 4.74 Å². The number of esters is 2. The Labute approximate surface area is 144 Å². The summed E-state index contributed by atoms with van der Waals surface area (Å²) >= 11 is 3.93. The molecule has 1 aromatic rings. The van der Waals surface area contributed by atoms with Crippen molar-refractivity contribution in [2.24, 2.45) is 0 Å². The summed E-state index contributed by atoms with van der Waals surface area (Å²) in [4.78, 5) is 23.0. The number of hydrogen-bond acceptors (Lipinski definition) is 6. The van der Waals surface area contributed by atoms with Gasteiger partial charge in [-0.3, -0.25) is 9.59 Å². The van der Waals surface area contributed by atoms with Gasteiger partial charge in [-0.05, 0) is 36.0 Å². The van der Waals surface area contributed by atoms with Crippen LogP contribution in [0, 0.1) is 0 Å². The molecular formula is C17H20O4S2. The number of benzene rings is 1. The summed E-state index contributed by atoms with van der Waals surface area (Å²) in [7, 11) is 0. The van der Waals surface area contributed by atoms with Crippen molar-refractivity contribution in [3.05, 3.63) is 29.3 Å². The minimum Gasteiger partial charge on any atom is -0.457 e. The number of hydrogen-bond donors (Lipinski definition) is 0. The maximum absolute atomic E-state index is 11.6. The van der Waals surface area contributed by atoms with Gasteiger partial charge in [0.05, 0.1) is 4.08 Å². The third-order valence-electron chi connectivity index (χ3n) is 4.02. The molecule has 3 rings (SSSR count). The van der Waals surface area contributed by atoms with Gasteiger partial charge in [-0.2, -0.15) is 0 Å². The first kappa shape index (κ1) is 16.7. The molecule has 6 heteroatoms. The molecule has 1 aromatic carbocycles. The lowest BCUT2D eigenvalue weighted by Crippen LogP contribution is -2.36. The standard InChI is InChI=1S/C17H20O4S2/c1-11(18)20-14-6-3-5-13-9-17(22-7-4-8-23-17)10-15(16(13)14)21-12(2)19/h3,5-6,15H,4,7-10H2,1-2H3. The molecule has 0 saturated carbocycles. The SMILES string of the molecule is CC(=O)Oc1cccc2c1C(OC(C)=O)CC1(C2)SCCCS1. The zero-order chi connectivity index (χ0) is 16.4. The van der Waals surface area contributed by atoms with E-state index in [9.17, 15) is 9.59 Å². The molecule has 0 radical (unpaired) electrons. The zero-order valence-electron chi connectivity index (χ0n) is 13.3. The topological polar surface area (TPSA) is 52.6 Å². The molecule has 0 bridgehead atoms. The molecule has 124 valence electrons. The summed E-state index contributed by atoms with van der Waals surface area (Å²) in [6.07, 6.45) is 2.53. The van der Waals surface area contributed by atoms with Gasteiger partial charge >= 0.3 is 11.9 Å². The van der Waals surface area contributed by atoms with E-state index in [4.69, 9.17) is 9.47 Å². The van der Waals surface area contributed by atoms with Gasteiger partial charge in [0.2, 0.25) is 0 Å². The Morgan fingerprint density at radius 1 is 1.17 bits per heavy atom. The number of fused-ring (bicyclic) bond motifs is 1. The van der Waals surface area contributed by atoms with Crippen LogP contribution in [0.2, 0.25) is 0 Å². The average molecular weight is 352 g/mol. The molecule has 1 saturated heterocycles. The largest absolute Gasteiger partial charge is 0.457 e. The molecule has 1 fully saturated rings. The van der Waals surface area contributed by atoms with Gasteiger partial charge in [0, 0.05) is 25.8 Å². The van der Waals surface area contributed by atoms with E-state index in [1.807, 2.05) is 29.6 Å². The molecule has 1 aliphatic heterocycles. The minimum absolute atomic E-state index is 0.0558. The summed E-state index contributed by atoms with van der Waals surface area (Å²) < 4.78 is 11.0. The van der Waals surface area contributed by atoms with Crippen LogP contribution in [0.25, 0.3) is 0 Å². The van der Waals surface area contributed by atoms with Gasteiger partial charge < -0.3 is 9.47 Å². The van der Waals surface area contributed by atoms with Crippen LogP contribution in [0.3, 0.4) is 0 Å². The molecule has 1 unspecified atom stereocenters. The number of rotatable bonds is 2. The highest BCUT2D eigenvalue weighted by atomic mass is 32.2. The monoisotopic (exact) mass is 352 g/mol. The van der Waals surface area contributed by atoms with Crippen LogP contribution in [0.1, 0.15) is 43.9 Å². The van der Waals surface area contributed by atoms with Crippen molar-refractivity contribution >= 4 is 35.5 Å². The van der Waals surface area contributed by atoms with Crippen molar-refractivity contribution < 1.29 is 19.1 Å². The Hall–Kier alpha value is -1.14. The molecule has 1 atom stereocenters. The second-order valence-corrected chi connectivity index (χ2v) is 9.08. The highest BCUT2D eigenvalue weighted by molar-refractivity contribution is 8.18. The van der Waals surface area contributed by atoms with Crippen LogP contribution in [-0.2, 0) is 20.7 Å². The maximum atomic E-state index is 11.6. The third kappa shape index (κ3) is 3.69. The van der Waals surface area contributed by atoms with Crippen molar-refractivity contribution in [2.45, 2.75) is 43.3 Å². The number of thioether (sulfide) groups is 2. The fourth-order valence-corrected chi connectivity index (χ4v) is 6.63. The van der Waals surface area contributed by atoms with Crippen LogP contribution in [0.15, 0.2) is 18.2 Å². The van der Waals surface area contributed by atoms with Crippen molar-refractivity contribution in [1.82, 2.24) is 0 Å². The molecule has 1 aliphatic carbocycles. The van der Waals surface area contributed by atoms with E-state index in [-0.39, 0.29) is 22.1 Å². The normalized spacial score (nSPS) is 22.3. The summed E-state index contributed by atoms with van der Waals surface area (Å²) in [5, 5.41) is 0. The highest BCUT2D eigenvalue weighted by Gasteiger charge is 2.44. The molecule has 2 aliphatic rings. The van der Waals surface area contributed by atoms with Gasteiger partial charge in [0.25, 0.3) is 0 Å². The lowest BCUT2D eigenvalue weighted by molar-refractivity contribution is -0.147. The van der Waals surface area contributed by atoms with Crippen LogP contribution >= 0.6 is 23.5 Å². The minimum atomic E-state index is -0.360. The van der Waals surface area contributed by atoms with E-state index in [0.29, 0.717) is 5.75 Å². The summed E-state index contributed by atoms with van der Waals surface area (Å²) in [6.45, 7) is 2.81. The van der Waals surface area contributed by atoms with E-state index >= 15 is 0 Å². The highest BCUT2D eigenvalue weighted by Crippen LogP contribution is 2.55. The smallest absolute Gasteiger partial charge is 0.308 e. The predicted octanol–water partition coefficient (Wildman–Crippen LogP) is 3.73. The molecule has 4 nitrogen and oxygen atoms in total. The fourth-order valence-electron chi connectivity index (χ4n) is 3.24. The summed E-state index contributed by atoms with van der Waals surface area (Å²) in [6, 6.07) is 5.73. The maximum Gasteiger partial charge on any atom is 0.308 e.